The van der Waals surface area contributed by atoms with E-state index in [9.17, 15) is 4.79 Å². The average molecular weight is 299 g/mol. The Morgan fingerprint density at radius 2 is 2.16 bits per heavy atom. The fraction of sp³-hybridized carbons (Fsp3) is 0.231. The Morgan fingerprint density at radius 1 is 1.37 bits per heavy atom. The van der Waals surface area contributed by atoms with Gasteiger partial charge in [-0.15, -0.1) is 0 Å². The number of aryl methyl sites for hydroxylation is 1. The molecule has 2 rings (SSSR count). The van der Waals surface area contributed by atoms with Gasteiger partial charge in [0.1, 0.15) is 0 Å². The van der Waals surface area contributed by atoms with Gasteiger partial charge in [0.05, 0.1) is 5.69 Å². The zero-order valence-corrected chi connectivity index (χ0v) is 11.8. The minimum absolute atomic E-state index is 0.208. The van der Waals surface area contributed by atoms with E-state index in [2.05, 4.69) is 10.5 Å². The Labute approximate surface area is 120 Å². The summed E-state index contributed by atoms with van der Waals surface area (Å²) in [6, 6.07) is 6.88. The Morgan fingerprint density at radius 3 is 2.79 bits per heavy atom. The summed E-state index contributed by atoms with van der Waals surface area (Å²) in [6.07, 6.45) is 0.620. The monoisotopic (exact) mass is 298 g/mol. The SMILES string of the molecule is Cc1cc(C(=O)NCCc2ccc(Cl)cc2Cl)on1. The zero-order valence-electron chi connectivity index (χ0n) is 10.2. The van der Waals surface area contributed by atoms with Crippen LogP contribution in [0.1, 0.15) is 21.8 Å². The molecule has 0 unspecified atom stereocenters. The molecule has 1 heterocycles. The highest BCUT2D eigenvalue weighted by molar-refractivity contribution is 6.35. The van der Waals surface area contributed by atoms with Crippen molar-refractivity contribution in [1.82, 2.24) is 10.5 Å². The fourth-order valence-corrected chi connectivity index (χ4v) is 2.10. The number of hydrogen-bond donors (Lipinski definition) is 1. The van der Waals surface area contributed by atoms with Crippen LogP contribution >= 0.6 is 23.2 Å². The molecule has 1 amide bonds. The molecule has 0 atom stereocenters. The highest BCUT2D eigenvalue weighted by Crippen LogP contribution is 2.21. The maximum absolute atomic E-state index is 11.7. The van der Waals surface area contributed by atoms with Crippen LogP contribution in [0.5, 0.6) is 0 Å². The zero-order chi connectivity index (χ0) is 13.8. The van der Waals surface area contributed by atoms with E-state index < -0.39 is 0 Å². The number of amides is 1. The standard InChI is InChI=1S/C13H12Cl2N2O2/c1-8-6-12(19-17-8)13(18)16-5-4-9-2-3-10(14)7-11(9)15/h2-3,6-7H,4-5H2,1H3,(H,16,18). The third-order valence-corrected chi connectivity index (χ3v) is 3.13. The van der Waals surface area contributed by atoms with Crippen molar-refractivity contribution in [2.75, 3.05) is 6.54 Å². The molecule has 1 N–H and O–H groups in total. The van der Waals surface area contributed by atoms with Crippen molar-refractivity contribution in [2.45, 2.75) is 13.3 Å². The molecule has 0 aliphatic carbocycles. The van der Waals surface area contributed by atoms with Crippen LogP contribution in [0.3, 0.4) is 0 Å². The first kappa shape index (κ1) is 13.9. The van der Waals surface area contributed by atoms with Gasteiger partial charge in [-0.25, -0.2) is 0 Å². The molecular formula is C13H12Cl2N2O2. The molecule has 1 aromatic heterocycles. The third kappa shape index (κ3) is 3.72. The molecule has 0 aliphatic heterocycles. The molecule has 0 radical (unpaired) electrons. The van der Waals surface area contributed by atoms with Gasteiger partial charge in [0.25, 0.3) is 5.91 Å². The first-order valence-electron chi connectivity index (χ1n) is 5.71. The normalized spacial score (nSPS) is 10.5. The molecule has 19 heavy (non-hydrogen) atoms. The van der Waals surface area contributed by atoms with E-state index in [0.717, 1.165) is 5.56 Å². The molecule has 1 aromatic carbocycles. The lowest BCUT2D eigenvalue weighted by molar-refractivity contribution is 0.0917. The number of aromatic nitrogens is 1. The number of nitrogens with one attached hydrogen (secondary N) is 1. The number of benzene rings is 1. The third-order valence-electron chi connectivity index (χ3n) is 2.55. The van der Waals surface area contributed by atoms with Crippen molar-refractivity contribution in [3.05, 3.63) is 51.3 Å². The Kier molecular flexibility index (Phi) is 4.45. The second kappa shape index (κ2) is 6.08. The first-order chi connectivity index (χ1) is 9.06. The summed E-state index contributed by atoms with van der Waals surface area (Å²) in [4.78, 5) is 11.7. The van der Waals surface area contributed by atoms with Crippen LogP contribution in [0.2, 0.25) is 10.0 Å². The van der Waals surface area contributed by atoms with Crippen molar-refractivity contribution < 1.29 is 9.32 Å². The Balaban J connectivity index is 1.88. The van der Waals surface area contributed by atoms with Crippen molar-refractivity contribution >= 4 is 29.1 Å². The number of halogens is 2. The van der Waals surface area contributed by atoms with E-state index in [4.69, 9.17) is 27.7 Å². The number of hydrogen-bond acceptors (Lipinski definition) is 3. The van der Waals surface area contributed by atoms with Crippen molar-refractivity contribution in [2.24, 2.45) is 0 Å². The number of carbonyl (C=O) groups excluding carboxylic acids is 1. The lowest BCUT2D eigenvalue weighted by Crippen LogP contribution is -2.25. The van der Waals surface area contributed by atoms with Crippen LogP contribution < -0.4 is 5.32 Å². The summed E-state index contributed by atoms with van der Waals surface area (Å²) < 4.78 is 4.86. The minimum Gasteiger partial charge on any atom is -0.351 e. The van der Waals surface area contributed by atoms with E-state index in [1.807, 2.05) is 6.07 Å². The topological polar surface area (TPSA) is 55.1 Å². The summed E-state index contributed by atoms with van der Waals surface area (Å²) in [6.45, 7) is 2.22. The molecule has 0 aliphatic rings. The van der Waals surface area contributed by atoms with Crippen LogP contribution in [-0.4, -0.2) is 17.6 Å². The maximum atomic E-state index is 11.7. The quantitative estimate of drug-likeness (QED) is 0.942. The van der Waals surface area contributed by atoms with Gasteiger partial charge in [-0.3, -0.25) is 4.79 Å². The van der Waals surface area contributed by atoms with Crippen molar-refractivity contribution in [3.8, 4) is 0 Å². The predicted molar refractivity (Wildman–Crippen MR) is 73.7 cm³/mol. The molecule has 0 bridgehead atoms. The van der Waals surface area contributed by atoms with Crippen LogP contribution in [0.4, 0.5) is 0 Å². The smallest absolute Gasteiger partial charge is 0.289 e. The van der Waals surface area contributed by atoms with Gasteiger partial charge < -0.3 is 9.84 Å². The summed E-state index contributed by atoms with van der Waals surface area (Å²) in [7, 11) is 0. The van der Waals surface area contributed by atoms with E-state index in [1.165, 1.54) is 0 Å². The largest absolute Gasteiger partial charge is 0.351 e. The molecule has 100 valence electrons. The van der Waals surface area contributed by atoms with E-state index in [1.54, 1.807) is 25.1 Å². The number of carbonyl (C=O) groups is 1. The van der Waals surface area contributed by atoms with E-state index >= 15 is 0 Å². The molecule has 0 saturated carbocycles. The lowest BCUT2D eigenvalue weighted by atomic mass is 10.1. The second-order valence-electron chi connectivity index (χ2n) is 4.07. The van der Waals surface area contributed by atoms with Gasteiger partial charge >= 0.3 is 0 Å². The van der Waals surface area contributed by atoms with Crippen LogP contribution in [0.15, 0.2) is 28.8 Å². The summed E-state index contributed by atoms with van der Waals surface area (Å²) in [5.74, 6) is -0.0783. The van der Waals surface area contributed by atoms with Crippen LogP contribution in [0, 0.1) is 6.92 Å². The second-order valence-corrected chi connectivity index (χ2v) is 4.92. The van der Waals surface area contributed by atoms with Gasteiger partial charge in [0, 0.05) is 22.7 Å². The summed E-state index contributed by atoms with van der Waals surface area (Å²) >= 11 is 11.8. The summed E-state index contributed by atoms with van der Waals surface area (Å²) in [5, 5.41) is 7.58. The Bertz CT molecular complexity index is 596. The average Bonchev–Trinajstić information content (AvgIpc) is 2.78. The molecular weight excluding hydrogens is 287 g/mol. The molecule has 2 aromatic rings. The molecule has 0 fully saturated rings. The van der Waals surface area contributed by atoms with Crippen molar-refractivity contribution in [3.63, 3.8) is 0 Å². The number of nitrogens with zero attached hydrogens (tertiary/aromatic N) is 1. The van der Waals surface area contributed by atoms with Gasteiger partial charge in [-0.05, 0) is 31.0 Å². The minimum atomic E-state index is -0.286. The summed E-state index contributed by atoms with van der Waals surface area (Å²) in [5.41, 5.74) is 1.60. The Hall–Kier alpha value is -1.52. The lowest BCUT2D eigenvalue weighted by Gasteiger charge is -2.05. The van der Waals surface area contributed by atoms with Crippen molar-refractivity contribution in [1.29, 1.82) is 0 Å². The molecule has 6 heteroatoms. The van der Waals surface area contributed by atoms with Gasteiger partial charge in [0.2, 0.25) is 5.76 Å². The maximum Gasteiger partial charge on any atom is 0.289 e. The van der Waals surface area contributed by atoms with E-state index in [0.29, 0.717) is 28.7 Å². The van der Waals surface area contributed by atoms with Gasteiger partial charge in [-0.2, -0.15) is 0 Å². The fourth-order valence-electron chi connectivity index (χ4n) is 1.59. The molecule has 4 nitrogen and oxygen atoms in total. The van der Waals surface area contributed by atoms with Crippen LogP contribution in [0.25, 0.3) is 0 Å². The van der Waals surface area contributed by atoms with Gasteiger partial charge in [0.15, 0.2) is 0 Å². The van der Waals surface area contributed by atoms with Gasteiger partial charge in [-0.1, -0.05) is 34.4 Å². The first-order valence-corrected chi connectivity index (χ1v) is 6.47. The molecule has 0 spiro atoms. The highest BCUT2D eigenvalue weighted by Gasteiger charge is 2.10. The predicted octanol–water partition coefficient (Wildman–Crippen LogP) is 3.26. The van der Waals surface area contributed by atoms with Crippen LogP contribution in [-0.2, 0) is 6.42 Å². The highest BCUT2D eigenvalue weighted by atomic mass is 35.5. The number of rotatable bonds is 4. The van der Waals surface area contributed by atoms with E-state index in [-0.39, 0.29) is 11.7 Å². The molecule has 0 saturated heterocycles.